The highest BCUT2D eigenvalue weighted by molar-refractivity contribution is 5.80. The van der Waals surface area contributed by atoms with Crippen molar-refractivity contribution >= 4 is 17.0 Å². The second-order valence-corrected chi connectivity index (χ2v) is 7.44. The first kappa shape index (κ1) is 19.5. The highest BCUT2D eigenvalue weighted by atomic mass is 16.5. The number of nitrogens with one attached hydrogen (secondary N) is 2. The highest BCUT2D eigenvalue weighted by Crippen LogP contribution is 2.25. The van der Waals surface area contributed by atoms with E-state index in [-0.39, 0.29) is 6.10 Å². The Hall–Kier alpha value is -2.86. The number of aryl methyl sites for hydroxylation is 2. The van der Waals surface area contributed by atoms with Crippen LogP contribution in [0.5, 0.6) is 0 Å². The van der Waals surface area contributed by atoms with E-state index < -0.39 is 0 Å². The van der Waals surface area contributed by atoms with Gasteiger partial charge >= 0.3 is 0 Å². The quantitative estimate of drug-likeness (QED) is 0.397. The molecule has 3 aromatic rings. The molecule has 1 fully saturated rings. The molecule has 0 saturated carbocycles. The Kier molecular flexibility index (Phi) is 6.10. The third-order valence-corrected chi connectivity index (χ3v) is 5.43. The molecule has 1 aromatic heterocycles. The number of aliphatic imine (C=N–C) groups is 1. The number of H-pyrrole nitrogens is 1. The summed E-state index contributed by atoms with van der Waals surface area (Å²) in [5.41, 5.74) is 4.66. The number of fused-ring (bicyclic) bond motifs is 1. The summed E-state index contributed by atoms with van der Waals surface area (Å²) in [5.74, 6) is 1.98. The molecule has 1 unspecified atom stereocenters. The van der Waals surface area contributed by atoms with Gasteiger partial charge in [-0.2, -0.15) is 0 Å². The lowest BCUT2D eigenvalue weighted by Gasteiger charge is -2.35. The summed E-state index contributed by atoms with van der Waals surface area (Å²) in [6.45, 7) is 5.37. The fraction of sp³-hybridized carbons (Fsp3) is 0.391. The number of hydrogen-bond acceptors (Lipinski definition) is 3. The van der Waals surface area contributed by atoms with Gasteiger partial charge in [0.2, 0.25) is 0 Å². The molecule has 2 N–H and O–H groups in total. The number of guanidine groups is 1. The number of benzene rings is 2. The number of nitrogens with zero attached hydrogens (tertiary/aromatic N) is 3. The minimum atomic E-state index is 0.0825. The number of aromatic nitrogens is 2. The van der Waals surface area contributed by atoms with Crippen molar-refractivity contribution in [2.45, 2.75) is 25.9 Å². The normalized spacial score (nSPS) is 17.7. The second kappa shape index (κ2) is 9.09. The third kappa shape index (κ3) is 4.59. The minimum absolute atomic E-state index is 0.0825. The van der Waals surface area contributed by atoms with E-state index in [1.165, 1.54) is 11.1 Å². The summed E-state index contributed by atoms with van der Waals surface area (Å²) >= 11 is 0. The molecule has 4 rings (SSSR count). The maximum absolute atomic E-state index is 6.05. The van der Waals surface area contributed by atoms with Gasteiger partial charge in [-0.05, 0) is 36.6 Å². The summed E-state index contributed by atoms with van der Waals surface area (Å²) in [7, 11) is 1.85. The number of para-hydroxylation sites is 2. The van der Waals surface area contributed by atoms with Crippen molar-refractivity contribution in [2.75, 3.05) is 33.3 Å². The number of morpholine rings is 1. The average Bonchev–Trinajstić information content (AvgIpc) is 3.17. The lowest BCUT2D eigenvalue weighted by atomic mass is 10.0. The van der Waals surface area contributed by atoms with Crippen LogP contribution in [-0.4, -0.2) is 54.1 Å². The molecule has 1 atom stereocenters. The molecular weight excluding hydrogens is 362 g/mol. The molecule has 2 heterocycles. The molecular formula is C23H29N5O. The molecule has 6 heteroatoms. The average molecular weight is 392 g/mol. The van der Waals surface area contributed by atoms with Gasteiger partial charge in [0.25, 0.3) is 0 Å². The Morgan fingerprint density at radius 1 is 1.24 bits per heavy atom. The van der Waals surface area contributed by atoms with Crippen molar-refractivity contribution in [1.29, 1.82) is 0 Å². The van der Waals surface area contributed by atoms with E-state index in [9.17, 15) is 0 Å². The van der Waals surface area contributed by atoms with Gasteiger partial charge in [-0.1, -0.05) is 36.4 Å². The maximum atomic E-state index is 6.05. The lowest BCUT2D eigenvalue weighted by Crippen LogP contribution is -2.48. The Morgan fingerprint density at radius 3 is 2.90 bits per heavy atom. The number of ether oxygens (including phenoxy) is 1. The molecule has 0 bridgehead atoms. The third-order valence-electron chi connectivity index (χ3n) is 5.43. The van der Waals surface area contributed by atoms with Gasteiger partial charge in [-0.3, -0.25) is 4.99 Å². The molecule has 0 radical (unpaired) electrons. The van der Waals surface area contributed by atoms with E-state index in [0.29, 0.717) is 6.61 Å². The van der Waals surface area contributed by atoms with E-state index in [0.717, 1.165) is 55.3 Å². The topological polar surface area (TPSA) is 65.5 Å². The predicted molar refractivity (Wildman–Crippen MR) is 117 cm³/mol. The molecule has 29 heavy (non-hydrogen) atoms. The zero-order valence-corrected chi connectivity index (χ0v) is 17.2. The molecule has 6 nitrogen and oxygen atoms in total. The van der Waals surface area contributed by atoms with Gasteiger partial charge in [0.15, 0.2) is 5.96 Å². The second-order valence-electron chi connectivity index (χ2n) is 7.44. The minimum Gasteiger partial charge on any atom is -0.370 e. The van der Waals surface area contributed by atoms with Gasteiger partial charge in [-0.15, -0.1) is 0 Å². The number of rotatable bonds is 5. The van der Waals surface area contributed by atoms with Crippen LogP contribution in [-0.2, 0) is 11.2 Å². The van der Waals surface area contributed by atoms with Gasteiger partial charge in [0, 0.05) is 26.6 Å². The van der Waals surface area contributed by atoms with Crippen LogP contribution in [0.15, 0.2) is 53.5 Å². The van der Waals surface area contributed by atoms with Crippen molar-refractivity contribution in [3.63, 3.8) is 0 Å². The number of aromatic amines is 1. The van der Waals surface area contributed by atoms with E-state index in [2.05, 4.69) is 62.4 Å². The van der Waals surface area contributed by atoms with E-state index >= 15 is 0 Å². The first-order valence-electron chi connectivity index (χ1n) is 10.3. The molecule has 1 aliphatic heterocycles. The summed E-state index contributed by atoms with van der Waals surface area (Å²) in [6.07, 6.45) is 1.98. The Balaban J connectivity index is 1.30. The van der Waals surface area contributed by atoms with Crippen LogP contribution in [0, 0.1) is 6.92 Å². The predicted octanol–water partition coefficient (Wildman–Crippen LogP) is 3.45. The standard InChI is InChI=1S/C23H29N5O/c1-17-8-3-4-9-18(17)21-16-28(14-15-29-21)23(24-2)25-13-7-12-22-26-19-10-5-6-11-20(19)27-22/h3-6,8-11,21H,7,12-16H2,1-2H3,(H,24,25)(H,26,27). The van der Waals surface area contributed by atoms with Gasteiger partial charge in [-0.25, -0.2) is 4.98 Å². The first-order chi connectivity index (χ1) is 14.2. The SMILES string of the molecule is CN=C(NCCCc1nc2ccccc2[nH]1)N1CCOC(c2ccccc2C)C1. The van der Waals surface area contributed by atoms with Crippen LogP contribution in [0.25, 0.3) is 11.0 Å². The molecule has 2 aromatic carbocycles. The van der Waals surface area contributed by atoms with Crippen LogP contribution in [0.2, 0.25) is 0 Å². The van der Waals surface area contributed by atoms with E-state index in [4.69, 9.17) is 4.74 Å². The van der Waals surface area contributed by atoms with Crippen molar-refractivity contribution in [3.05, 3.63) is 65.5 Å². The van der Waals surface area contributed by atoms with E-state index in [1.54, 1.807) is 0 Å². The van der Waals surface area contributed by atoms with Gasteiger partial charge in [0.1, 0.15) is 11.9 Å². The van der Waals surface area contributed by atoms with Gasteiger partial charge in [0.05, 0.1) is 24.2 Å². The lowest BCUT2D eigenvalue weighted by molar-refractivity contribution is -0.00830. The Morgan fingerprint density at radius 2 is 2.07 bits per heavy atom. The fourth-order valence-corrected chi connectivity index (χ4v) is 3.89. The van der Waals surface area contributed by atoms with Crippen molar-refractivity contribution in [2.24, 2.45) is 4.99 Å². The van der Waals surface area contributed by atoms with E-state index in [1.807, 2.05) is 25.2 Å². The molecule has 0 aliphatic carbocycles. The molecule has 0 spiro atoms. The van der Waals surface area contributed by atoms with Crippen molar-refractivity contribution in [1.82, 2.24) is 20.2 Å². The smallest absolute Gasteiger partial charge is 0.193 e. The largest absolute Gasteiger partial charge is 0.370 e. The van der Waals surface area contributed by atoms with Crippen molar-refractivity contribution in [3.8, 4) is 0 Å². The molecule has 1 saturated heterocycles. The summed E-state index contributed by atoms with van der Waals surface area (Å²) in [5, 5.41) is 3.51. The van der Waals surface area contributed by atoms with Crippen LogP contribution < -0.4 is 5.32 Å². The number of hydrogen-bond donors (Lipinski definition) is 2. The summed E-state index contributed by atoms with van der Waals surface area (Å²) < 4.78 is 6.05. The monoisotopic (exact) mass is 391 g/mol. The highest BCUT2D eigenvalue weighted by Gasteiger charge is 2.24. The molecule has 152 valence electrons. The Labute approximate surface area is 172 Å². The Bertz CT molecular complexity index is 947. The summed E-state index contributed by atoms with van der Waals surface area (Å²) in [4.78, 5) is 14.8. The maximum Gasteiger partial charge on any atom is 0.193 e. The van der Waals surface area contributed by atoms with Crippen LogP contribution in [0.4, 0.5) is 0 Å². The zero-order valence-electron chi connectivity index (χ0n) is 17.2. The van der Waals surface area contributed by atoms with Crippen LogP contribution >= 0.6 is 0 Å². The van der Waals surface area contributed by atoms with Gasteiger partial charge < -0.3 is 19.9 Å². The van der Waals surface area contributed by atoms with Crippen molar-refractivity contribution < 1.29 is 4.74 Å². The zero-order chi connectivity index (χ0) is 20.1. The fourth-order valence-electron chi connectivity index (χ4n) is 3.89. The summed E-state index contributed by atoms with van der Waals surface area (Å²) in [6, 6.07) is 16.6. The molecule has 1 aliphatic rings. The first-order valence-corrected chi connectivity index (χ1v) is 10.3. The van der Waals surface area contributed by atoms with Crippen LogP contribution in [0.1, 0.15) is 29.5 Å². The number of imidazole rings is 1. The molecule has 0 amide bonds. The van der Waals surface area contributed by atoms with Crippen LogP contribution in [0.3, 0.4) is 0 Å².